The van der Waals surface area contributed by atoms with Gasteiger partial charge in [0.2, 0.25) is 5.91 Å². The quantitative estimate of drug-likeness (QED) is 0.870. The van der Waals surface area contributed by atoms with Crippen LogP contribution in [0.5, 0.6) is 0 Å². The van der Waals surface area contributed by atoms with Crippen molar-refractivity contribution in [1.29, 1.82) is 0 Å². The average Bonchev–Trinajstić information content (AvgIpc) is 3.31. The van der Waals surface area contributed by atoms with Crippen LogP contribution in [0.1, 0.15) is 56.8 Å². The van der Waals surface area contributed by atoms with E-state index < -0.39 is 0 Å². The third-order valence-corrected chi connectivity index (χ3v) is 5.27. The Balaban J connectivity index is 1.60. The Kier molecular flexibility index (Phi) is 4.28. The van der Waals surface area contributed by atoms with Crippen molar-refractivity contribution < 1.29 is 4.79 Å². The van der Waals surface area contributed by atoms with Gasteiger partial charge < -0.3 is 4.90 Å². The number of aromatic nitrogens is 4. The maximum absolute atomic E-state index is 13.0. The molecule has 1 saturated carbocycles. The normalized spacial score (nSPS) is 22.0. The number of hydrogen-bond donors (Lipinski definition) is 0. The van der Waals surface area contributed by atoms with Gasteiger partial charge in [0.1, 0.15) is 6.33 Å². The summed E-state index contributed by atoms with van der Waals surface area (Å²) in [6, 6.07) is 3.87. The Labute approximate surface area is 141 Å². The highest BCUT2D eigenvalue weighted by atomic mass is 16.2. The zero-order chi connectivity index (χ0) is 16.4. The van der Waals surface area contributed by atoms with Gasteiger partial charge in [0.05, 0.1) is 11.7 Å². The topological polar surface area (TPSA) is 63.9 Å². The molecule has 0 radical (unpaired) electrons. The second-order valence-electron chi connectivity index (χ2n) is 6.76. The van der Waals surface area contributed by atoms with Gasteiger partial charge in [0, 0.05) is 24.9 Å². The first-order chi connectivity index (χ1) is 11.8. The summed E-state index contributed by atoms with van der Waals surface area (Å²) in [5.74, 6) is 1.39. The molecular weight excluding hydrogens is 302 g/mol. The summed E-state index contributed by atoms with van der Waals surface area (Å²) in [6.07, 6.45) is 12.8. The molecular formula is C18H23N5O. The van der Waals surface area contributed by atoms with Gasteiger partial charge in [0.15, 0.2) is 5.82 Å². The third-order valence-electron chi connectivity index (χ3n) is 5.27. The number of carbonyl (C=O) groups excluding carboxylic acids is 1. The number of amides is 1. The minimum Gasteiger partial charge on any atom is -0.332 e. The molecule has 2 aromatic rings. The number of likely N-dealkylation sites (tertiary alicyclic amines) is 1. The van der Waals surface area contributed by atoms with Crippen LogP contribution in [0.25, 0.3) is 5.69 Å². The standard InChI is InChI=1S/C18H23N5O/c24-18(14-5-2-1-3-6-14)22-12-4-7-16(22)17-20-13-21-23(17)15-8-10-19-11-9-15/h8-11,13-14,16H,1-7,12H2/t16-/m0/s1. The average molecular weight is 325 g/mol. The van der Waals surface area contributed by atoms with Crippen LogP contribution in [0.2, 0.25) is 0 Å². The Bertz CT molecular complexity index is 692. The summed E-state index contributed by atoms with van der Waals surface area (Å²) in [7, 11) is 0. The highest BCUT2D eigenvalue weighted by Gasteiger charge is 2.36. The maximum Gasteiger partial charge on any atom is 0.226 e. The SMILES string of the molecule is O=C(C1CCCCC1)N1CCC[C@H]1c1ncnn1-c1ccncc1. The Morgan fingerprint density at radius 2 is 1.83 bits per heavy atom. The number of pyridine rings is 1. The van der Waals surface area contributed by atoms with E-state index in [1.165, 1.54) is 19.3 Å². The molecule has 1 aliphatic carbocycles. The van der Waals surface area contributed by atoms with Crippen molar-refractivity contribution in [3.63, 3.8) is 0 Å². The molecule has 126 valence electrons. The second kappa shape index (κ2) is 6.71. The van der Waals surface area contributed by atoms with Crippen LogP contribution in [0, 0.1) is 5.92 Å². The molecule has 0 unspecified atom stereocenters. The predicted molar refractivity (Wildman–Crippen MR) is 89.4 cm³/mol. The summed E-state index contributed by atoms with van der Waals surface area (Å²) < 4.78 is 1.85. The smallest absolute Gasteiger partial charge is 0.226 e. The highest BCUT2D eigenvalue weighted by molar-refractivity contribution is 5.79. The van der Waals surface area contributed by atoms with E-state index in [0.717, 1.165) is 43.7 Å². The van der Waals surface area contributed by atoms with E-state index >= 15 is 0 Å². The summed E-state index contributed by atoms with van der Waals surface area (Å²) in [4.78, 5) is 23.6. The molecule has 2 aliphatic rings. The number of rotatable bonds is 3. The fraction of sp³-hybridized carbons (Fsp3) is 0.556. The first kappa shape index (κ1) is 15.3. The van der Waals surface area contributed by atoms with Crippen molar-refractivity contribution in [2.45, 2.75) is 51.0 Å². The predicted octanol–water partition coefficient (Wildman–Crippen LogP) is 2.91. The molecule has 1 aliphatic heterocycles. The molecule has 0 spiro atoms. The Hall–Kier alpha value is -2.24. The highest BCUT2D eigenvalue weighted by Crippen LogP contribution is 2.35. The minimum absolute atomic E-state index is 0.0371. The van der Waals surface area contributed by atoms with E-state index in [-0.39, 0.29) is 12.0 Å². The Morgan fingerprint density at radius 1 is 1.04 bits per heavy atom. The summed E-state index contributed by atoms with van der Waals surface area (Å²) >= 11 is 0. The van der Waals surface area contributed by atoms with Crippen molar-refractivity contribution in [2.24, 2.45) is 5.92 Å². The number of nitrogens with zero attached hydrogens (tertiary/aromatic N) is 5. The van der Waals surface area contributed by atoms with E-state index in [1.807, 2.05) is 16.8 Å². The van der Waals surface area contributed by atoms with Crippen molar-refractivity contribution in [2.75, 3.05) is 6.54 Å². The van der Waals surface area contributed by atoms with E-state index in [9.17, 15) is 4.79 Å². The van der Waals surface area contributed by atoms with Gasteiger partial charge in [-0.25, -0.2) is 9.67 Å². The first-order valence-electron chi connectivity index (χ1n) is 8.95. The van der Waals surface area contributed by atoms with E-state index in [1.54, 1.807) is 18.7 Å². The van der Waals surface area contributed by atoms with Crippen LogP contribution in [0.3, 0.4) is 0 Å². The van der Waals surface area contributed by atoms with Crippen LogP contribution < -0.4 is 0 Å². The fourth-order valence-corrected chi connectivity index (χ4v) is 4.04. The van der Waals surface area contributed by atoms with Crippen molar-refractivity contribution in [3.05, 3.63) is 36.7 Å². The van der Waals surface area contributed by atoms with Crippen LogP contribution in [-0.2, 0) is 4.79 Å². The van der Waals surface area contributed by atoms with Gasteiger partial charge in [-0.05, 0) is 37.8 Å². The number of carbonyl (C=O) groups is 1. The molecule has 4 rings (SSSR count). The van der Waals surface area contributed by atoms with Gasteiger partial charge in [-0.2, -0.15) is 5.10 Å². The lowest BCUT2D eigenvalue weighted by Crippen LogP contribution is -2.37. The van der Waals surface area contributed by atoms with E-state index in [0.29, 0.717) is 5.91 Å². The van der Waals surface area contributed by atoms with Gasteiger partial charge in [-0.1, -0.05) is 19.3 Å². The van der Waals surface area contributed by atoms with E-state index in [2.05, 4.69) is 20.0 Å². The Morgan fingerprint density at radius 3 is 2.62 bits per heavy atom. The lowest BCUT2D eigenvalue weighted by atomic mass is 9.88. The monoisotopic (exact) mass is 325 g/mol. The van der Waals surface area contributed by atoms with Crippen LogP contribution in [0.15, 0.2) is 30.9 Å². The maximum atomic E-state index is 13.0. The van der Waals surface area contributed by atoms with Crippen molar-refractivity contribution in [3.8, 4) is 5.69 Å². The van der Waals surface area contributed by atoms with Gasteiger partial charge in [-0.3, -0.25) is 9.78 Å². The molecule has 6 heteroatoms. The van der Waals surface area contributed by atoms with Crippen molar-refractivity contribution >= 4 is 5.91 Å². The molecule has 2 fully saturated rings. The third kappa shape index (κ3) is 2.81. The molecule has 6 nitrogen and oxygen atoms in total. The molecule has 0 bridgehead atoms. The zero-order valence-corrected chi connectivity index (χ0v) is 13.8. The molecule has 1 atom stereocenters. The molecule has 0 N–H and O–H groups in total. The zero-order valence-electron chi connectivity index (χ0n) is 13.8. The molecule has 3 heterocycles. The van der Waals surface area contributed by atoms with Crippen LogP contribution in [0.4, 0.5) is 0 Å². The van der Waals surface area contributed by atoms with Gasteiger partial charge in [-0.15, -0.1) is 0 Å². The molecule has 0 aromatic carbocycles. The number of hydrogen-bond acceptors (Lipinski definition) is 4. The van der Waals surface area contributed by atoms with Crippen LogP contribution in [-0.4, -0.2) is 37.1 Å². The van der Waals surface area contributed by atoms with Crippen LogP contribution >= 0.6 is 0 Å². The fourth-order valence-electron chi connectivity index (χ4n) is 4.04. The second-order valence-corrected chi connectivity index (χ2v) is 6.76. The first-order valence-corrected chi connectivity index (χ1v) is 8.95. The lowest BCUT2D eigenvalue weighted by molar-refractivity contribution is -0.137. The molecule has 1 amide bonds. The van der Waals surface area contributed by atoms with E-state index in [4.69, 9.17) is 0 Å². The minimum atomic E-state index is 0.0371. The largest absolute Gasteiger partial charge is 0.332 e. The van der Waals surface area contributed by atoms with Gasteiger partial charge in [0.25, 0.3) is 0 Å². The lowest BCUT2D eigenvalue weighted by Gasteiger charge is -2.30. The van der Waals surface area contributed by atoms with Crippen molar-refractivity contribution in [1.82, 2.24) is 24.6 Å². The molecule has 24 heavy (non-hydrogen) atoms. The molecule has 2 aromatic heterocycles. The molecule has 1 saturated heterocycles. The summed E-state index contributed by atoms with van der Waals surface area (Å²) in [5.41, 5.74) is 0.939. The van der Waals surface area contributed by atoms with Gasteiger partial charge >= 0.3 is 0 Å². The summed E-state index contributed by atoms with van der Waals surface area (Å²) in [6.45, 7) is 0.837. The summed E-state index contributed by atoms with van der Waals surface area (Å²) in [5, 5.41) is 4.38.